The van der Waals surface area contributed by atoms with Crippen LogP contribution in [0.25, 0.3) is 0 Å². The Kier molecular flexibility index (Phi) is 4.61. The van der Waals surface area contributed by atoms with Crippen LogP contribution in [0.2, 0.25) is 0 Å². The predicted molar refractivity (Wildman–Crippen MR) is 85.9 cm³/mol. The first-order valence-electron chi connectivity index (χ1n) is 6.55. The van der Waals surface area contributed by atoms with Gasteiger partial charge in [0.1, 0.15) is 0 Å². The fourth-order valence-electron chi connectivity index (χ4n) is 2.11. The van der Waals surface area contributed by atoms with Crippen LogP contribution in [0, 0.1) is 13.8 Å². The summed E-state index contributed by atoms with van der Waals surface area (Å²) in [7, 11) is 1.84. The summed E-state index contributed by atoms with van der Waals surface area (Å²) >= 11 is 3.45. The Morgan fingerprint density at radius 3 is 2.45 bits per heavy atom. The molecule has 0 aliphatic heterocycles. The molecule has 0 aliphatic carbocycles. The number of carbonyl (C=O) groups excluding carboxylic acids is 1. The van der Waals surface area contributed by atoms with Gasteiger partial charge in [0.15, 0.2) is 0 Å². The van der Waals surface area contributed by atoms with Gasteiger partial charge >= 0.3 is 0 Å². The van der Waals surface area contributed by atoms with Crippen LogP contribution in [-0.4, -0.2) is 17.9 Å². The van der Waals surface area contributed by atoms with Gasteiger partial charge in [-0.25, -0.2) is 0 Å². The second-order valence-electron chi connectivity index (χ2n) is 5.05. The number of nitrogens with zero attached hydrogens (tertiary/aromatic N) is 1. The van der Waals surface area contributed by atoms with Crippen molar-refractivity contribution in [3.8, 4) is 0 Å². The summed E-state index contributed by atoms with van der Waals surface area (Å²) in [5.74, 6) is 0.0452. The summed E-state index contributed by atoms with van der Waals surface area (Å²) in [6, 6.07) is 13.8. The Labute approximate surface area is 128 Å². The molecule has 0 atom stereocenters. The number of halogens is 1. The van der Waals surface area contributed by atoms with Crippen molar-refractivity contribution in [2.24, 2.45) is 0 Å². The summed E-state index contributed by atoms with van der Waals surface area (Å²) < 4.78 is 1.02. The largest absolute Gasteiger partial charge is 0.337 e. The molecule has 0 saturated carbocycles. The molecule has 2 nitrogen and oxygen atoms in total. The van der Waals surface area contributed by atoms with Gasteiger partial charge in [0.25, 0.3) is 5.91 Å². The molecule has 0 radical (unpaired) electrons. The van der Waals surface area contributed by atoms with E-state index in [2.05, 4.69) is 35.0 Å². The van der Waals surface area contributed by atoms with Crippen LogP contribution in [0.1, 0.15) is 27.0 Å². The molecule has 0 N–H and O–H groups in total. The Bertz CT molecular complexity index is 637. The second kappa shape index (κ2) is 6.23. The molecule has 2 rings (SSSR count). The van der Waals surface area contributed by atoms with Crippen LogP contribution in [-0.2, 0) is 6.54 Å². The van der Waals surface area contributed by atoms with Crippen molar-refractivity contribution in [3.63, 3.8) is 0 Å². The van der Waals surface area contributed by atoms with Crippen molar-refractivity contribution in [2.45, 2.75) is 20.4 Å². The van der Waals surface area contributed by atoms with Crippen molar-refractivity contribution in [2.75, 3.05) is 7.05 Å². The summed E-state index contributed by atoms with van der Waals surface area (Å²) in [4.78, 5) is 14.2. The molecule has 2 aromatic rings. The maximum Gasteiger partial charge on any atom is 0.253 e. The van der Waals surface area contributed by atoms with E-state index in [-0.39, 0.29) is 5.91 Å². The van der Waals surface area contributed by atoms with Gasteiger partial charge in [-0.2, -0.15) is 0 Å². The van der Waals surface area contributed by atoms with Crippen molar-refractivity contribution >= 4 is 21.8 Å². The Morgan fingerprint density at radius 1 is 1.10 bits per heavy atom. The Balaban J connectivity index is 2.16. The number of aryl methyl sites for hydroxylation is 2. The minimum atomic E-state index is 0.0452. The zero-order valence-electron chi connectivity index (χ0n) is 12.0. The Morgan fingerprint density at radius 2 is 1.80 bits per heavy atom. The minimum absolute atomic E-state index is 0.0452. The van der Waals surface area contributed by atoms with Gasteiger partial charge in [-0.1, -0.05) is 40.2 Å². The highest BCUT2D eigenvalue weighted by Crippen LogP contribution is 2.19. The van der Waals surface area contributed by atoms with E-state index in [1.165, 1.54) is 11.1 Å². The average Bonchev–Trinajstić information content (AvgIpc) is 2.43. The first-order valence-corrected chi connectivity index (χ1v) is 7.34. The van der Waals surface area contributed by atoms with Crippen LogP contribution in [0.4, 0.5) is 0 Å². The number of hydrogen-bond donors (Lipinski definition) is 0. The second-order valence-corrected chi connectivity index (χ2v) is 5.91. The molecule has 104 valence electrons. The number of benzene rings is 2. The highest BCUT2D eigenvalue weighted by atomic mass is 79.9. The van der Waals surface area contributed by atoms with Crippen molar-refractivity contribution < 1.29 is 4.79 Å². The number of hydrogen-bond acceptors (Lipinski definition) is 1. The number of carbonyl (C=O) groups is 1. The minimum Gasteiger partial charge on any atom is -0.337 e. The lowest BCUT2D eigenvalue weighted by Crippen LogP contribution is -2.26. The number of rotatable bonds is 3. The lowest BCUT2D eigenvalue weighted by molar-refractivity contribution is 0.0785. The van der Waals surface area contributed by atoms with Gasteiger partial charge in [0.05, 0.1) is 0 Å². The number of amides is 1. The zero-order valence-corrected chi connectivity index (χ0v) is 13.6. The first kappa shape index (κ1) is 14.8. The standard InChI is InChI=1S/C17H18BrNO/c1-12-6-4-5-7-15(12)11-19(3)17(20)14-8-9-16(18)13(2)10-14/h4-10H,11H2,1-3H3. The van der Waals surface area contributed by atoms with Gasteiger partial charge in [-0.05, 0) is 48.7 Å². The first-order chi connectivity index (χ1) is 9.49. The van der Waals surface area contributed by atoms with E-state index in [9.17, 15) is 4.79 Å². The van der Waals surface area contributed by atoms with E-state index in [1.54, 1.807) is 4.90 Å². The van der Waals surface area contributed by atoms with Crippen LogP contribution in [0.3, 0.4) is 0 Å². The fourth-order valence-corrected chi connectivity index (χ4v) is 2.36. The monoisotopic (exact) mass is 331 g/mol. The van der Waals surface area contributed by atoms with E-state index < -0.39 is 0 Å². The zero-order chi connectivity index (χ0) is 14.7. The highest BCUT2D eigenvalue weighted by Gasteiger charge is 2.13. The molecule has 0 saturated heterocycles. The fraction of sp³-hybridized carbons (Fsp3) is 0.235. The predicted octanol–water partition coefficient (Wildman–Crippen LogP) is 4.34. The van der Waals surface area contributed by atoms with E-state index >= 15 is 0 Å². The highest BCUT2D eigenvalue weighted by molar-refractivity contribution is 9.10. The lowest BCUT2D eigenvalue weighted by atomic mass is 10.1. The SMILES string of the molecule is Cc1cc(C(=O)N(C)Cc2ccccc2C)ccc1Br. The van der Waals surface area contributed by atoms with Crippen molar-refractivity contribution in [1.82, 2.24) is 4.90 Å². The van der Waals surface area contributed by atoms with Gasteiger partial charge in [-0.15, -0.1) is 0 Å². The van der Waals surface area contributed by atoms with E-state index in [1.807, 2.05) is 44.3 Å². The van der Waals surface area contributed by atoms with Gasteiger partial charge in [-0.3, -0.25) is 4.79 Å². The normalized spacial score (nSPS) is 10.4. The smallest absolute Gasteiger partial charge is 0.253 e. The molecular formula is C17H18BrNO. The van der Waals surface area contributed by atoms with Crippen LogP contribution < -0.4 is 0 Å². The molecule has 20 heavy (non-hydrogen) atoms. The third-order valence-corrected chi connectivity index (χ3v) is 4.31. The van der Waals surface area contributed by atoms with Crippen molar-refractivity contribution in [3.05, 3.63) is 69.2 Å². The lowest BCUT2D eigenvalue weighted by Gasteiger charge is -2.19. The summed E-state index contributed by atoms with van der Waals surface area (Å²) in [5, 5.41) is 0. The van der Waals surface area contributed by atoms with Crippen LogP contribution >= 0.6 is 15.9 Å². The van der Waals surface area contributed by atoms with Crippen molar-refractivity contribution in [1.29, 1.82) is 0 Å². The van der Waals surface area contributed by atoms with Crippen LogP contribution in [0.5, 0.6) is 0 Å². The summed E-state index contributed by atoms with van der Waals surface area (Å²) in [5.41, 5.74) is 4.18. The molecule has 0 unspecified atom stereocenters. The molecule has 0 fully saturated rings. The quantitative estimate of drug-likeness (QED) is 0.819. The molecule has 2 aromatic carbocycles. The molecule has 0 aliphatic rings. The summed E-state index contributed by atoms with van der Waals surface area (Å²) in [6.45, 7) is 4.68. The third-order valence-electron chi connectivity index (χ3n) is 3.42. The molecular weight excluding hydrogens is 314 g/mol. The molecule has 0 heterocycles. The molecule has 0 spiro atoms. The molecule has 1 amide bonds. The van der Waals surface area contributed by atoms with Gasteiger partial charge < -0.3 is 4.90 Å². The van der Waals surface area contributed by atoms with Gasteiger partial charge in [0.2, 0.25) is 0 Å². The van der Waals surface area contributed by atoms with Crippen LogP contribution in [0.15, 0.2) is 46.9 Å². The van der Waals surface area contributed by atoms with E-state index in [4.69, 9.17) is 0 Å². The third kappa shape index (κ3) is 3.28. The maximum absolute atomic E-state index is 12.4. The topological polar surface area (TPSA) is 20.3 Å². The molecule has 3 heteroatoms. The molecule has 0 bridgehead atoms. The average molecular weight is 332 g/mol. The molecule has 0 aromatic heterocycles. The van der Waals surface area contributed by atoms with Gasteiger partial charge in [0, 0.05) is 23.6 Å². The Hall–Kier alpha value is -1.61. The summed E-state index contributed by atoms with van der Waals surface area (Å²) in [6.07, 6.45) is 0. The maximum atomic E-state index is 12.4. The van der Waals surface area contributed by atoms with E-state index in [0.29, 0.717) is 6.54 Å². The van der Waals surface area contributed by atoms with E-state index in [0.717, 1.165) is 15.6 Å².